The second-order valence-corrected chi connectivity index (χ2v) is 8.29. The zero-order valence-electron chi connectivity index (χ0n) is 17.1. The number of ether oxygens (including phenoxy) is 1. The van der Waals surface area contributed by atoms with Gasteiger partial charge in [0.15, 0.2) is 0 Å². The van der Waals surface area contributed by atoms with E-state index in [4.69, 9.17) is 9.72 Å². The lowest BCUT2D eigenvalue weighted by atomic mass is 10.0. The average Bonchev–Trinajstić information content (AvgIpc) is 3.05. The Labute approximate surface area is 174 Å². The van der Waals surface area contributed by atoms with Crippen LogP contribution in [0.15, 0.2) is 59.4 Å². The van der Waals surface area contributed by atoms with Crippen LogP contribution in [0.2, 0.25) is 0 Å². The van der Waals surface area contributed by atoms with Gasteiger partial charge in [0.25, 0.3) is 5.56 Å². The second kappa shape index (κ2) is 7.84. The van der Waals surface area contributed by atoms with Crippen molar-refractivity contribution in [3.05, 3.63) is 81.2 Å². The molecule has 2 heterocycles. The van der Waals surface area contributed by atoms with Crippen molar-refractivity contribution in [2.75, 3.05) is 6.61 Å². The lowest BCUT2D eigenvalue weighted by Crippen LogP contribution is -2.27. The largest absolute Gasteiger partial charge is 0.494 e. The van der Waals surface area contributed by atoms with Gasteiger partial charge in [-0.1, -0.05) is 42.5 Å². The molecule has 5 heteroatoms. The Morgan fingerprint density at radius 3 is 2.41 bits per heavy atom. The number of thiophene rings is 1. The first-order chi connectivity index (χ1) is 14.0. The molecule has 0 saturated heterocycles. The molecule has 0 aliphatic heterocycles. The van der Waals surface area contributed by atoms with Crippen molar-refractivity contribution < 1.29 is 4.74 Å². The first-order valence-corrected chi connectivity index (χ1v) is 10.6. The van der Waals surface area contributed by atoms with Crippen LogP contribution in [-0.2, 0) is 0 Å². The molecule has 0 bridgehead atoms. The summed E-state index contributed by atoms with van der Waals surface area (Å²) in [6, 6.07) is 17.9. The number of hydrogen-bond donors (Lipinski definition) is 0. The highest BCUT2D eigenvalue weighted by Crippen LogP contribution is 2.36. The summed E-state index contributed by atoms with van der Waals surface area (Å²) in [5.74, 6) is 1.57. The van der Waals surface area contributed by atoms with Crippen LogP contribution in [0, 0.1) is 13.8 Å². The molecule has 1 atom stereocenters. The van der Waals surface area contributed by atoms with Crippen LogP contribution in [0.3, 0.4) is 0 Å². The minimum Gasteiger partial charge on any atom is -0.494 e. The third-order valence-corrected chi connectivity index (χ3v) is 6.23. The van der Waals surface area contributed by atoms with Crippen LogP contribution < -0.4 is 10.3 Å². The van der Waals surface area contributed by atoms with E-state index >= 15 is 0 Å². The number of hydrogen-bond acceptors (Lipinski definition) is 4. The van der Waals surface area contributed by atoms with Gasteiger partial charge in [-0.05, 0) is 51.0 Å². The number of aryl methyl sites for hydroxylation is 2. The predicted molar refractivity (Wildman–Crippen MR) is 120 cm³/mol. The van der Waals surface area contributed by atoms with Gasteiger partial charge in [0.05, 0.1) is 18.0 Å². The summed E-state index contributed by atoms with van der Waals surface area (Å²) in [6.45, 7) is 8.61. The topological polar surface area (TPSA) is 44.1 Å². The normalized spacial score (nSPS) is 12.3. The Bertz CT molecular complexity index is 1210. The van der Waals surface area contributed by atoms with Crippen molar-refractivity contribution in [3.63, 3.8) is 0 Å². The molecule has 2 aromatic carbocycles. The van der Waals surface area contributed by atoms with E-state index in [9.17, 15) is 4.79 Å². The molecule has 2 aromatic heterocycles. The number of fused-ring (bicyclic) bond motifs is 1. The fraction of sp³-hybridized carbons (Fsp3) is 0.250. The quantitative estimate of drug-likeness (QED) is 0.425. The maximum absolute atomic E-state index is 13.6. The highest BCUT2D eigenvalue weighted by molar-refractivity contribution is 7.19. The fourth-order valence-electron chi connectivity index (χ4n) is 3.84. The van der Waals surface area contributed by atoms with E-state index in [-0.39, 0.29) is 11.6 Å². The van der Waals surface area contributed by atoms with Crippen molar-refractivity contribution in [2.24, 2.45) is 0 Å². The van der Waals surface area contributed by atoms with Crippen LogP contribution in [-0.4, -0.2) is 16.2 Å². The van der Waals surface area contributed by atoms with Gasteiger partial charge in [0.2, 0.25) is 0 Å². The smallest absolute Gasteiger partial charge is 0.263 e. The Morgan fingerprint density at radius 1 is 1.07 bits per heavy atom. The zero-order chi connectivity index (χ0) is 20.5. The third kappa shape index (κ3) is 3.47. The zero-order valence-corrected chi connectivity index (χ0v) is 17.9. The van der Waals surface area contributed by atoms with Gasteiger partial charge >= 0.3 is 0 Å². The number of aromatic nitrogens is 2. The van der Waals surface area contributed by atoms with Crippen molar-refractivity contribution in [3.8, 4) is 16.9 Å². The van der Waals surface area contributed by atoms with Crippen LogP contribution in [0.1, 0.15) is 36.2 Å². The van der Waals surface area contributed by atoms with E-state index in [1.807, 2.05) is 79.9 Å². The van der Waals surface area contributed by atoms with Crippen LogP contribution in [0.25, 0.3) is 21.3 Å². The second-order valence-electron chi connectivity index (χ2n) is 7.09. The first kappa shape index (κ1) is 19.4. The molecule has 0 fully saturated rings. The third-order valence-electron chi connectivity index (χ3n) is 5.23. The number of benzene rings is 2. The molecule has 4 nitrogen and oxygen atoms in total. The summed E-state index contributed by atoms with van der Waals surface area (Å²) in [5.41, 5.74) is 3.09. The van der Waals surface area contributed by atoms with E-state index < -0.39 is 0 Å². The highest BCUT2D eigenvalue weighted by atomic mass is 32.1. The van der Waals surface area contributed by atoms with Gasteiger partial charge in [-0.3, -0.25) is 9.36 Å². The fourth-order valence-corrected chi connectivity index (χ4v) is 4.93. The maximum Gasteiger partial charge on any atom is 0.263 e. The molecule has 1 unspecified atom stereocenters. The summed E-state index contributed by atoms with van der Waals surface area (Å²) in [7, 11) is 0. The first-order valence-electron chi connectivity index (χ1n) is 9.81. The molecule has 0 radical (unpaired) electrons. The molecule has 0 saturated carbocycles. The van der Waals surface area contributed by atoms with E-state index in [1.165, 1.54) is 0 Å². The molecular formula is C24H24N2O2S. The summed E-state index contributed by atoms with van der Waals surface area (Å²) in [6.07, 6.45) is 0. The van der Waals surface area contributed by atoms with Crippen LogP contribution >= 0.6 is 11.3 Å². The molecule has 4 aromatic rings. The summed E-state index contributed by atoms with van der Waals surface area (Å²) in [5, 5.41) is 0.699. The Kier molecular flexibility index (Phi) is 5.24. The molecular weight excluding hydrogens is 380 g/mol. The van der Waals surface area contributed by atoms with Crippen LogP contribution in [0.5, 0.6) is 5.75 Å². The highest BCUT2D eigenvalue weighted by Gasteiger charge is 2.21. The van der Waals surface area contributed by atoms with Crippen molar-refractivity contribution in [1.82, 2.24) is 9.55 Å². The number of nitrogens with zero attached hydrogens (tertiary/aromatic N) is 2. The van der Waals surface area contributed by atoms with Gasteiger partial charge in [0, 0.05) is 10.4 Å². The van der Waals surface area contributed by atoms with E-state index in [0.29, 0.717) is 12.0 Å². The van der Waals surface area contributed by atoms with E-state index in [2.05, 4.69) is 6.92 Å². The summed E-state index contributed by atoms with van der Waals surface area (Å²) < 4.78 is 7.37. The summed E-state index contributed by atoms with van der Waals surface area (Å²) >= 11 is 1.58. The molecule has 0 aliphatic carbocycles. The van der Waals surface area contributed by atoms with Crippen LogP contribution in [0.4, 0.5) is 0 Å². The van der Waals surface area contributed by atoms with Gasteiger partial charge in [-0.15, -0.1) is 11.3 Å². The molecule has 0 amide bonds. The van der Waals surface area contributed by atoms with Gasteiger partial charge in [-0.25, -0.2) is 4.98 Å². The van der Waals surface area contributed by atoms with Crippen molar-refractivity contribution in [2.45, 2.75) is 33.7 Å². The SMILES string of the molecule is CCOc1ccc(-c2c(C)sc3nc(C)n(C(C)c4ccccc4)c(=O)c23)cc1. The minimum atomic E-state index is -0.0889. The Hall–Kier alpha value is -2.92. The van der Waals surface area contributed by atoms with Crippen molar-refractivity contribution >= 4 is 21.6 Å². The van der Waals surface area contributed by atoms with E-state index in [0.717, 1.165) is 38.0 Å². The molecule has 0 aliphatic rings. The Morgan fingerprint density at radius 2 is 1.76 bits per heavy atom. The van der Waals surface area contributed by atoms with Gasteiger partial charge in [0.1, 0.15) is 16.4 Å². The monoisotopic (exact) mass is 404 g/mol. The molecule has 29 heavy (non-hydrogen) atoms. The lowest BCUT2D eigenvalue weighted by Gasteiger charge is -2.18. The van der Waals surface area contributed by atoms with Gasteiger partial charge in [-0.2, -0.15) is 0 Å². The minimum absolute atomic E-state index is 0.0112. The standard InChI is InChI=1S/C24H24N2O2S/c1-5-28-20-13-11-19(12-14-20)21-16(3)29-23-22(21)24(27)26(17(4)25-23)15(2)18-9-7-6-8-10-18/h6-15H,5H2,1-4H3. The lowest BCUT2D eigenvalue weighted by molar-refractivity contribution is 0.340. The molecule has 4 rings (SSSR count). The molecule has 0 spiro atoms. The van der Waals surface area contributed by atoms with Gasteiger partial charge < -0.3 is 4.74 Å². The maximum atomic E-state index is 13.6. The van der Waals surface area contributed by atoms with E-state index in [1.54, 1.807) is 11.3 Å². The Balaban J connectivity index is 1.91. The molecule has 0 N–H and O–H groups in total. The average molecular weight is 405 g/mol. The molecule has 148 valence electrons. The predicted octanol–water partition coefficient (Wildman–Crippen LogP) is 5.75. The summed E-state index contributed by atoms with van der Waals surface area (Å²) in [4.78, 5) is 20.3. The van der Waals surface area contributed by atoms with Crippen molar-refractivity contribution in [1.29, 1.82) is 0 Å². The number of rotatable bonds is 5.